The van der Waals surface area contributed by atoms with Gasteiger partial charge in [0, 0.05) is 18.5 Å². The Morgan fingerprint density at radius 2 is 1.87 bits per heavy atom. The Bertz CT molecular complexity index is 921. The van der Waals surface area contributed by atoms with Crippen molar-refractivity contribution in [2.24, 2.45) is 0 Å². The summed E-state index contributed by atoms with van der Waals surface area (Å²) in [4.78, 5) is 1.35. The molecule has 0 saturated heterocycles. The molecule has 0 aliphatic carbocycles. The molecule has 3 aromatic rings. The quantitative estimate of drug-likeness (QED) is 0.650. The van der Waals surface area contributed by atoms with Crippen molar-refractivity contribution in [1.82, 2.24) is 13.1 Å². The fraction of sp³-hybridized carbons (Fsp3) is 0.200. The minimum absolute atomic E-state index is 0.201. The predicted octanol–water partition coefficient (Wildman–Crippen LogP) is 3.23. The smallest absolute Gasteiger partial charge is 0.207 e. The van der Waals surface area contributed by atoms with Crippen LogP contribution in [0.1, 0.15) is 5.56 Å². The molecule has 2 aromatic carbocycles. The van der Waals surface area contributed by atoms with Gasteiger partial charge in [-0.25, -0.2) is 8.42 Å². The molecule has 0 spiro atoms. The molecule has 1 heterocycles. The average Bonchev–Trinajstić information content (AvgIpc) is 3.03. The van der Waals surface area contributed by atoms with Crippen LogP contribution >= 0.6 is 23.5 Å². The van der Waals surface area contributed by atoms with Crippen molar-refractivity contribution in [2.75, 3.05) is 13.3 Å². The van der Waals surface area contributed by atoms with Crippen LogP contribution in [-0.4, -0.2) is 34.8 Å². The summed E-state index contributed by atoms with van der Waals surface area (Å²) < 4.78 is 35.2. The Balaban J connectivity index is 1.90. The maximum atomic E-state index is 12.8. The molecule has 0 bridgehead atoms. The third-order valence-corrected chi connectivity index (χ3v) is 6.62. The van der Waals surface area contributed by atoms with Crippen molar-refractivity contribution in [3.05, 3.63) is 48.0 Å². The van der Waals surface area contributed by atoms with Gasteiger partial charge < -0.3 is 0 Å². The Hall–Kier alpha value is -1.48. The summed E-state index contributed by atoms with van der Waals surface area (Å²) in [5, 5.41) is 0. The minimum atomic E-state index is -3.62. The van der Waals surface area contributed by atoms with E-state index in [9.17, 15) is 8.42 Å². The van der Waals surface area contributed by atoms with Crippen LogP contribution in [0.4, 0.5) is 0 Å². The van der Waals surface area contributed by atoms with E-state index in [4.69, 9.17) is 0 Å². The highest BCUT2D eigenvalue weighted by Gasteiger charge is 2.24. The molecule has 23 heavy (non-hydrogen) atoms. The summed E-state index contributed by atoms with van der Waals surface area (Å²) in [6, 6.07) is 12.9. The molecule has 1 aromatic heterocycles. The summed E-state index contributed by atoms with van der Waals surface area (Å²) in [6.45, 7) is 0.310. The lowest BCUT2D eigenvalue weighted by Crippen LogP contribution is -2.26. The second kappa shape index (κ2) is 6.56. The topological polar surface area (TPSA) is 63.2 Å². The highest BCUT2D eigenvalue weighted by atomic mass is 32.2. The van der Waals surface area contributed by atoms with Gasteiger partial charge in [-0.15, -0.1) is 11.8 Å². The number of hydrogen-bond donors (Lipinski definition) is 0. The van der Waals surface area contributed by atoms with Gasteiger partial charge in [-0.2, -0.15) is 13.1 Å². The third-order valence-electron chi connectivity index (χ3n) is 3.50. The highest BCUT2D eigenvalue weighted by molar-refractivity contribution is 7.98. The number of aromatic nitrogens is 2. The first-order valence-corrected chi connectivity index (χ1v) is 10.2. The standard InChI is InChI=1S/C15H15N3O2S3/c1-18(10-11-6-8-12(21-2)9-7-11)23(19,20)14-5-3-4-13-15(14)17-22-16-13/h3-9H,10H2,1-2H3. The fourth-order valence-corrected chi connectivity index (χ4v) is 4.55. The van der Waals surface area contributed by atoms with Gasteiger partial charge >= 0.3 is 0 Å². The monoisotopic (exact) mass is 365 g/mol. The van der Waals surface area contributed by atoms with E-state index in [1.54, 1.807) is 37.0 Å². The first kappa shape index (κ1) is 16.4. The first-order chi connectivity index (χ1) is 11.0. The first-order valence-electron chi connectivity index (χ1n) is 6.83. The lowest BCUT2D eigenvalue weighted by Gasteiger charge is -2.17. The number of hydrogen-bond acceptors (Lipinski definition) is 6. The normalized spacial score (nSPS) is 12.1. The number of nitrogens with zero attached hydrogens (tertiary/aromatic N) is 3. The van der Waals surface area contributed by atoms with Crippen molar-refractivity contribution in [3.63, 3.8) is 0 Å². The van der Waals surface area contributed by atoms with Crippen LogP contribution in [0.15, 0.2) is 52.3 Å². The van der Waals surface area contributed by atoms with E-state index in [1.165, 1.54) is 4.31 Å². The Kier molecular flexibility index (Phi) is 4.67. The number of sulfonamides is 1. The molecule has 0 N–H and O–H groups in total. The van der Waals surface area contributed by atoms with Gasteiger partial charge in [0.05, 0.1) is 11.7 Å². The van der Waals surface area contributed by atoms with Gasteiger partial charge in [0.25, 0.3) is 0 Å². The van der Waals surface area contributed by atoms with Gasteiger partial charge in [-0.05, 0) is 36.1 Å². The Morgan fingerprint density at radius 1 is 1.13 bits per heavy atom. The Labute approximate surface area is 143 Å². The molecule has 0 fully saturated rings. The van der Waals surface area contributed by atoms with Crippen LogP contribution in [0.5, 0.6) is 0 Å². The van der Waals surface area contributed by atoms with Crippen LogP contribution in [0, 0.1) is 0 Å². The van der Waals surface area contributed by atoms with Crippen LogP contribution in [-0.2, 0) is 16.6 Å². The molecule has 0 aliphatic heterocycles. The maximum Gasteiger partial charge on any atom is 0.245 e. The lowest BCUT2D eigenvalue weighted by molar-refractivity contribution is 0.467. The molecular formula is C15H15N3O2S3. The van der Waals surface area contributed by atoms with Gasteiger partial charge in [0.15, 0.2) is 0 Å². The van der Waals surface area contributed by atoms with Crippen molar-refractivity contribution < 1.29 is 8.42 Å². The van der Waals surface area contributed by atoms with Crippen molar-refractivity contribution in [1.29, 1.82) is 0 Å². The number of fused-ring (bicyclic) bond motifs is 1. The third kappa shape index (κ3) is 3.25. The second-order valence-electron chi connectivity index (χ2n) is 5.00. The largest absolute Gasteiger partial charge is 0.245 e. The molecule has 3 rings (SSSR count). The minimum Gasteiger partial charge on any atom is -0.207 e. The molecule has 0 radical (unpaired) electrons. The van der Waals surface area contributed by atoms with Crippen molar-refractivity contribution in [3.8, 4) is 0 Å². The molecule has 120 valence electrons. The van der Waals surface area contributed by atoms with Gasteiger partial charge in [0.1, 0.15) is 15.9 Å². The highest BCUT2D eigenvalue weighted by Crippen LogP contribution is 2.25. The molecule has 0 unspecified atom stereocenters. The summed E-state index contributed by atoms with van der Waals surface area (Å²) >= 11 is 2.67. The summed E-state index contributed by atoms with van der Waals surface area (Å²) in [5.41, 5.74) is 1.98. The SMILES string of the molecule is CSc1ccc(CN(C)S(=O)(=O)c2cccc3nsnc23)cc1. The Morgan fingerprint density at radius 3 is 2.57 bits per heavy atom. The number of rotatable bonds is 5. The van der Waals surface area contributed by atoms with Crippen LogP contribution < -0.4 is 0 Å². The average molecular weight is 366 g/mol. The molecule has 8 heteroatoms. The van der Waals surface area contributed by atoms with Gasteiger partial charge in [-0.1, -0.05) is 18.2 Å². The molecule has 0 saturated carbocycles. The summed E-state index contributed by atoms with van der Waals surface area (Å²) in [5.74, 6) is 0. The molecule has 0 atom stereocenters. The van der Waals surface area contributed by atoms with E-state index in [-0.39, 0.29) is 4.90 Å². The second-order valence-corrected chi connectivity index (χ2v) is 8.42. The zero-order valence-corrected chi connectivity index (χ0v) is 15.1. The van der Waals surface area contributed by atoms with Gasteiger partial charge in [0.2, 0.25) is 10.0 Å². The van der Waals surface area contributed by atoms with E-state index in [0.717, 1.165) is 22.2 Å². The fourth-order valence-electron chi connectivity index (χ4n) is 2.23. The van der Waals surface area contributed by atoms with E-state index in [2.05, 4.69) is 8.75 Å². The van der Waals surface area contributed by atoms with Gasteiger partial charge in [-0.3, -0.25) is 0 Å². The molecule has 5 nitrogen and oxygen atoms in total. The summed E-state index contributed by atoms with van der Waals surface area (Å²) in [7, 11) is -2.04. The molecular weight excluding hydrogens is 350 g/mol. The molecule has 0 amide bonds. The number of benzene rings is 2. The van der Waals surface area contributed by atoms with Crippen molar-refractivity contribution >= 4 is 44.5 Å². The van der Waals surface area contributed by atoms with Crippen LogP contribution in [0.25, 0.3) is 11.0 Å². The lowest BCUT2D eigenvalue weighted by atomic mass is 10.2. The zero-order valence-electron chi connectivity index (χ0n) is 12.6. The molecule has 0 aliphatic rings. The maximum absolute atomic E-state index is 12.8. The van der Waals surface area contributed by atoms with E-state index in [1.807, 2.05) is 30.5 Å². The predicted molar refractivity (Wildman–Crippen MR) is 94.3 cm³/mol. The van der Waals surface area contributed by atoms with E-state index < -0.39 is 10.0 Å². The van der Waals surface area contributed by atoms with E-state index >= 15 is 0 Å². The van der Waals surface area contributed by atoms with Crippen LogP contribution in [0.3, 0.4) is 0 Å². The zero-order chi connectivity index (χ0) is 16.4. The summed E-state index contributed by atoms with van der Waals surface area (Å²) in [6.07, 6.45) is 2.01. The van der Waals surface area contributed by atoms with Crippen molar-refractivity contribution in [2.45, 2.75) is 16.3 Å². The van der Waals surface area contributed by atoms with E-state index in [0.29, 0.717) is 17.6 Å². The van der Waals surface area contributed by atoms with Crippen LogP contribution in [0.2, 0.25) is 0 Å². The number of thioether (sulfide) groups is 1.